The number of nitrogens with zero attached hydrogens (tertiary/aromatic N) is 2. The zero-order valence-corrected chi connectivity index (χ0v) is 8.32. The van der Waals surface area contributed by atoms with Gasteiger partial charge in [0, 0.05) is 6.07 Å². The topological polar surface area (TPSA) is 50.2 Å². The van der Waals surface area contributed by atoms with Gasteiger partial charge in [-0.2, -0.15) is 5.10 Å². The van der Waals surface area contributed by atoms with E-state index in [1.807, 2.05) is 24.3 Å². The Morgan fingerprint density at radius 2 is 2.07 bits per heavy atom. The molecule has 0 bridgehead atoms. The van der Waals surface area contributed by atoms with Crippen LogP contribution in [0.4, 0.5) is 0 Å². The summed E-state index contributed by atoms with van der Waals surface area (Å²) in [4.78, 5) is 14.4. The Balaban J connectivity index is 2.69. The van der Waals surface area contributed by atoms with Crippen LogP contribution in [0.3, 0.4) is 0 Å². The molecule has 3 aromatic rings. The molecule has 5 heteroatoms. The number of nitrogens with one attached hydrogen (secondary N) is 1. The molecule has 0 fully saturated rings. The molecule has 0 aliphatic heterocycles. The third-order valence-electron chi connectivity index (χ3n) is 2.29. The molecule has 0 atom stereocenters. The van der Waals surface area contributed by atoms with E-state index in [0.29, 0.717) is 10.7 Å². The number of hydrogen-bond donors (Lipinski definition) is 1. The number of hydrogen-bond acceptors (Lipinski definition) is 2. The summed E-state index contributed by atoms with van der Waals surface area (Å²) in [6.07, 6.45) is 0. The van der Waals surface area contributed by atoms with Gasteiger partial charge < -0.3 is 4.98 Å². The molecule has 4 nitrogen and oxygen atoms in total. The first-order valence-electron chi connectivity index (χ1n) is 4.42. The van der Waals surface area contributed by atoms with Gasteiger partial charge >= 0.3 is 0 Å². The summed E-state index contributed by atoms with van der Waals surface area (Å²) in [6, 6.07) is 8.99. The Labute approximate surface area is 89.1 Å². The first-order chi connectivity index (χ1) is 7.25. The maximum atomic E-state index is 11.6. The summed E-state index contributed by atoms with van der Waals surface area (Å²) < 4.78 is 1.55. The van der Waals surface area contributed by atoms with Gasteiger partial charge in [-0.15, -0.1) is 0 Å². The molecular formula is C10H6ClN3O. The van der Waals surface area contributed by atoms with Gasteiger partial charge in [-0.05, 0) is 12.1 Å². The minimum atomic E-state index is -0.187. The van der Waals surface area contributed by atoms with Crippen LogP contribution in [0.1, 0.15) is 0 Å². The van der Waals surface area contributed by atoms with Crippen molar-refractivity contribution in [2.75, 3.05) is 0 Å². The summed E-state index contributed by atoms with van der Waals surface area (Å²) in [6.45, 7) is 0. The monoisotopic (exact) mass is 219 g/mol. The van der Waals surface area contributed by atoms with Crippen molar-refractivity contribution in [3.63, 3.8) is 0 Å². The molecule has 2 heterocycles. The van der Waals surface area contributed by atoms with Gasteiger partial charge in [0.2, 0.25) is 0 Å². The molecule has 1 aromatic carbocycles. The van der Waals surface area contributed by atoms with E-state index < -0.39 is 0 Å². The van der Waals surface area contributed by atoms with Crippen molar-refractivity contribution in [3.8, 4) is 0 Å². The molecule has 3 rings (SSSR count). The number of H-pyrrole nitrogens is 1. The second kappa shape index (κ2) is 2.84. The van der Waals surface area contributed by atoms with Crippen LogP contribution in [-0.2, 0) is 0 Å². The van der Waals surface area contributed by atoms with Crippen molar-refractivity contribution in [2.24, 2.45) is 0 Å². The van der Waals surface area contributed by atoms with Crippen molar-refractivity contribution < 1.29 is 0 Å². The lowest BCUT2D eigenvalue weighted by Gasteiger charge is -1.99. The summed E-state index contributed by atoms with van der Waals surface area (Å²) in [5.41, 5.74) is 1.85. The Bertz CT molecular complexity index is 713. The number of aromatic amines is 1. The van der Waals surface area contributed by atoms with Crippen LogP contribution >= 0.6 is 11.6 Å². The lowest BCUT2D eigenvalue weighted by Crippen LogP contribution is -2.10. The third kappa shape index (κ3) is 1.15. The Hall–Kier alpha value is -1.81. The zero-order chi connectivity index (χ0) is 10.4. The smallest absolute Gasteiger partial charge is 0.274 e. The van der Waals surface area contributed by atoms with Crippen LogP contribution in [0.5, 0.6) is 0 Å². The number of para-hydroxylation sites is 2. The highest BCUT2D eigenvalue weighted by molar-refractivity contribution is 6.29. The number of aromatic nitrogens is 3. The van der Waals surface area contributed by atoms with Gasteiger partial charge in [0.1, 0.15) is 5.52 Å². The van der Waals surface area contributed by atoms with E-state index >= 15 is 0 Å². The van der Waals surface area contributed by atoms with E-state index in [-0.39, 0.29) is 5.56 Å². The van der Waals surface area contributed by atoms with E-state index in [2.05, 4.69) is 10.1 Å². The maximum Gasteiger partial charge on any atom is 0.274 e. The predicted molar refractivity (Wildman–Crippen MR) is 58.3 cm³/mol. The number of fused-ring (bicyclic) bond motifs is 3. The molecule has 0 aliphatic rings. The maximum absolute atomic E-state index is 11.6. The molecule has 1 N–H and O–H groups in total. The van der Waals surface area contributed by atoms with E-state index in [9.17, 15) is 4.79 Å². The fourth-order valence-corrected chi connectivity index (χ4v) is 1.83. The van der Waals surface area contributed by atoms with Gasteiger partial charge in [-0.25, -0.2) is 4.52 Å². The molecular weight excluding hydrogens is 214 g/mol. The minimum absolute atomic E-state index is 0.187. The highest BCUT2D eigenvalue weighted by atomic mass is 35.5. The average Bonchev–Trinajstić information content (AvgIpc) is 2.61. The summed E-state index contributed by atoms with van der Waals surface area (Å²) >= 11 is 5.77. The van der Waals surface area contributed by atoms with E-state index in [1.165, 1.54) is 0 Å². The van der Waals surface area contributed by atoms with Crippen LogP contribution in [0.25, 0.3) is 16.6 Å². The van der Waals surface area contributed by atoms with Crippen molar-refractivity contribution in [2.45, 2.75) is 0 Å². The molecule has 0 amide bonds. The molecule has 0 radical (unpaired) electrons. The van der Waals surface area contributed by atoms with E-state index in [0.717, 1.165) is 11.0 Å². The Morgan fingerprint density at radius 3 is 2.93 bits per heavy atom. The largest absolute Gasteiger partial charge is 0.319 e. The van der Waals surface area contributed by atoms with Crippen LogP contribution in [0.15, 0.2) is 35.1 Å². The molecule has 0 saturated carbocycles. The lowest BCUT2D eigenvalue weighted by atomic mass is 10.3. The fraction of sp³-hybridized carbons (Fsp3) is 0. The normalized spacial score (nSPS) is 11.3. The summed E-state index contributed by atoms with van der Waals surface area (Å²) in [7, 11) is 0. The van der Waals surface area contributed by atoms with Crippen molar-refractivity contribution in [3.05, 3.63) is 45.8 Å². The Morgan fingerprint density at radius 1 is 1.27 bits per heavy atom. The van der Waals surface area contributed by atoms with Crippen LogP contribution in [0, 0.1) is 0 Å². The highest BCUT2D eigenvalue weighted by Crippen LogP contribution is 2.14. The Kier molecular flexibility index (Phi) is 1.61. The van der Waals surface area contributed by atoms with Crippen LogP contribution in [-0.4, -0.2) is 14.6 Å². The fourth-order valence-electron chi connectivity index (χ4n) is 1.65. The number of halogens is 1. The molecule has 0 saturated heterocycles. The summed E-state index contributed by atoms with van der Waals surface area (Å²) in [5, 5.41) is 4.38. The van der Waals surface area contributed by atoms with Crippen LogP contribution in [0.2, 0.25) is 5.15 Å². The van der Waals surface area contributed by atoms with Crippen molar-refractivity contribution in [1.82, 2.24) is 14.6 Å². The minimum Gasteiger partial charge on any atom is -0.319 e. The second-order valence-electron chi connectivity index (χ2n) is 3.24. The lowest BCUT2D eigenvalue weighted by molar-refractivity contribution is 0.987. The zero-order valence-electron chi connectivity index (χ0n) is 7.57. The summed E-state index contributed by atoms with van der Waals surface area (Å²) in [5.74, 6) is 0. The van der Waals surface area contributed by atoms with Gasteiger partial charge in [-0.1, -0.05) is 23.7 Å². The highest BCUT2D eigenvalue weighted by Gasteiger charge is 2.06. The second-order valence-corrected chi connectivity index (χ2v) is 3.62. The van der Waals surface area contributed by atoms with E-state index in [4.69, 9.17) is 11.6 Å². The van der Waals surface area contributed by atoms with Gasteiger partial charge in [0.05, 0.1) is 11.0 Å². The van der Waals surface area contributed by atoms with Crippen molar-refractivity contribution in [1.29, 1.82) is 0 Å². The SMILES string of the molecule is O=c1[nH]c2ccccc2n2nc(Cl)cc12. The number of rotatable bonds is 0. The molecule has 0 aliphatic carbocycles. The first kappa shape index (κ1) is 8.49. The van der Waals surface area contributed by atoms with Crippen LogP contribution < -0.4 is 5.56 Å². The predicted octanol–water partition coefficient (Wildman–Crippen LogP) is 1.83. The molecule has 0 spiro atoms. The molecule has 74 valence electrons. The number of benzene rings is 1. The van der Waals surface area contributed by atoms with Gasteiger partial charge in [0.15, 0.2) is 5.15 Å². The molecule has 15 heavy (non-hydrogen) atoms. The molecule has 2 aromatic heterocycles. The average molecular weight is 220 g/mol. The van der Waals surface area contributed by atoms with E-state index in [1.54, 1.807) is 10.6 Å². The molecule has 0 unspecified atom stereocenters. The quantitative estimate of drug-likeness (QED) is 0.627. The van der Waals surface area contributed by atoms with Gasteiger partial charge in [0.25, 0.3) is 5.56 Å². The first-order valence-corrected chi connectivity index (χ1v) is 4.80. The third-order valence-corrected chi connectivity index (χ3v) is 2.48. The van der Waals surface area contributed by atoms with Gasteiger partial charge in [-0.3, -0.25) is 4.79 Å². The van der Waals surface area contributed by atoms with Crippen molar-refractivity contribution >= 4 is 28.2 Å². The standard InChI is InChI=1S/C10H6ClN3O/c11-9-5-8-10(15)12-6-3-1-2-4-7(6)14(8)13-9/h1-5H,(H,12,15).